The van der Waals surface area contributed by atoms with Crippen LogP contribution in [0.3, 0.4) is 0 Å². The van der Waals surface area contributed by atoms with Gasteiger partial charge < -0.3 is 4.57 Å². The lowest BCUT2D eigenvalue weighted by molar-refractivity contribution is 0.592. The van der Waals surface area contributed by atoms with Gasteiger partial charge in [0.15, 0.2) is 7.14 Å². The normalized spacial score (nSPS) is 14.8. The molecule has 0 fully saturated rings. The second-order valence-electron chi connectivity index (χ2n) is 14.7. The first-order valence-corrected chi connectivity index (χ1v) is 18.9. The van der Waals surface area contributed by atoms with Gasteiger partial charge in [0.2, 0.25) is 0 Å². The molecule has 7 aromatic rings. The molecule has 242 valence electrons. The van der Waals surface area contributed by atoms with Crippen LogP contribution in [0.2, 0.25) is 0 Å². The Bertz CT molecular complexity index is 2350. The van der Waals surface area contributed by atoms with E-state index in [-0.39, 0.29) is 10.8 Å². The molecule has 0 unspecified atom stereocenters. The Hall–Kier alpha value is -5.37. The SMILES string of the molecule is CC1(C)c2cc(-c3cccnc3)ccc2-c2ccc(P(=O)(c3ccccc3)c3ccc4c(c3)C(C)(C)c3cc(-c5cccnc5)ccc3-4)cc21. The smallest absolute Gasteiger partial charge is 0.171 e. The number of rotatable bonds is 5. The molecule has 0 saturated heterocycles. The van der Waals surface area contributed by atoms with E-state index in [0.717, 1.165) is 38.2 Å². The molecule has 0 N–H and O–H groups in total. The standard InChI is InChI=1S/C46H37N2OP/c1-45(2)41-24-30(32-10-8-22-47-28-32)14-18-37(41)39-20-16-35(26-43(39)45)50(49,34-12-6-5-7-13-34)36-17-21-40-38-19-15-31(33-11-9-23-48-29-33)25-42(38)46(3,4)44(40)27-36/h5-29H,1-4H3. The van der Waals surface area contributed by atoms with Crippen molar-refractivity contribution >= 4 is 23.1 Å². The molecule has 0 radical (unpaired) electrons. The lowest BCUT2D eigenvalue weighted by Gasteiger charge is -2.26. The van der Waals surface area contributed by atoms with Crippen molar-refractivity contribution in [2.45, 2.75) is 38.5 Å². The Kier molecular flexibility index (Phi) is 6.79. The summed E-state index contributed by atoms with van der Waals surface area (Å²) in [5, 5.41) is 2.57. The maximum atomic E-state index is 16.0. The lowest BCUT2D eigenvalue weighted by atomic mass is 9.81. The van der Waals surface area contributed by atoms with E-state index in [1.807, 2.05) is 67.3 Å². The van der Waals surface area contributed by atoms with Gasteiger partial charge in [-0.05, 0) is 103 Å². The summed E-state index contributed by atoms with van der Waals surface area (Å²) < 4.78 is 16.0. The number of benzene rings is 5. The molecule has 0 bridgehead atoms. The third-order valence-corrected chi connectivity index (χ3v) is 14.2. The van der Waals surface area contributed by atoms with Crippen molar-refractivity contribution in [3.63, 3.8) is 0 Å². The van der Waals surface area contributed by atoms with Gasteiger partial charge >= 0.3 is 0 Å². The van der Waals surface area contributed by atoms with Crippen LogP contribution >= 0.6 is 7.14 Å². The third kappa shape index (κ3) is 4.47. The van der Waals surface area contributed by atoms with Crippen molar-refractivity contribution in [3.05, 3.63) is 174 Å². The average molecular weight is 665 g/mol. The summed E-state index contributed by atoms with van der Waals surface area (Å²) in [7, 11) is -3.28. The van der Waals surface area contributed by atoms with Gasteiger partial charge in [-0.3, -0.25) is 9.97 Å². The Balaban J connectivity index is 1.17. The monoisotopic (exact) mass is 664 g/mol. The molecular formula is C46H37N2OP. The number of pyridine rings is 2. The minimum Gasteiger partial charge on any atom is -0.309 e. The predicted molar refractivity (Wildman–Crippen MR) is 207 cm³/mol. The van der Waals surface area contributed by atoms with Crippen LogP contribution in [-0.2, 0) is 15.4 Å². The first-order chi connectivity index (χ1) is 24.2. The average Bonchev–Trinajstić information content (AvgIpc) is 3.53. The molecule has 3 nitrogen and oxygen atoms in total. The minimum atomic E-state index is -3.28. The fourth-order valence-electron chi connectivity index (χ4n) is 8.35. The summed E-state index contributed by atoms with van der Waals surface area (Å²) in [6.07, 6.45) is 7.45. The summed E-state index contributed by atoms with van der Waals surface area (Å²) in [5.74, 6) is 0. The van der Waals surface area contributed by atoms with Gasteiger partial charge in [0.1, 0.15) is 0 Å². The first-order valence-electron chi connectivity index (χ1n) is 17.2. The fraction of sp³-hybridized carbons (Fsp3) is 0.130. The molecule has 2 heterocycles. The Labute approximate surface area is 294 Å². The van der Waals surface area contributed by atoms with Crippen LogP contribution in [0.4, 0.5) is 0 Å². The number of nitrogens with zero attached hydrogens (tertiary/aromatic N) is 2. The Morgan fingerprint density at radius 2 is 0.840 bits per heavy atom. The van der Waals surface area contributed by atoms with E-state index in [2.05, 4.69) is 123 Å². The van der Waals surface area contributed by atoms with Crippen LogP contribution in [-0.4, -0.2) is 9.97 Å². The van der Waals surface area contributed by atoms with Gasteiger partial charge in [-0.2, -0.15) is 0 Å². The molecule has 2 aromatic heterocycles. The summed E-state index contributed by atoms with van der Waals surface area (Å²) in [6.45, 7) is 9.15. The zero-order valence-electron chi connectivity index (χ0n) is 28.7. The van der Waals surface area contributed by atoms with E-state index in [0.29, 0.717) is 0 Å². The number of aromatic nitrogens is 2. The largest absolute Gasteiger partial charge is 0.309 e. The van der Waals surface area contributed by atoms with E-state index >= 15 is 4.57 Å². The van der Waals surface area contributed by atoms with Crippen LogP contribution in [0.15, 0.2) is 152 Å². The predicted octanol–water partition coefficient (Wildman–Crippen LogP) is 10.1. The first kappa shape index (κ1) is 30.7. The molecule has 0 atom stereocenters. The molecule has 0 amide bonds. The molecule has 0 saturated carbocycles. The zero-order chi connectivity index (χ0) is 34.3. The molecule has 50 heavy (non-hydrogen) atoms. The third-order valence-electron chi connectivity index (χ3n) is 11.2. The van der Waals surface area contributed by atoms with Crippen LogP contribution in [0.5, 0.6) is 0 Å². The maximum absolute atomic E-state index is 16.0. The van der Waals surface area contributed by atoms with Gasteiger partial charge in [0.25, 0.3) is 0 Å². The molecule has 5 aromatic carbocycles. The van der Waals surface area contributed by atoms with Crippen LogP contribution in [0, 0.1) is 0 Å². The zero-order valence-corrected chi connectivity index (χ0v) is 29.6. The Morgan fingerprint density at radius 1 is 0.420 bits per heavy atom. The number of hydrogen-bond donors (Lipinski definition) is 0. The summed E-state index contributed by atoms with van der Waals surface area (Å²) >= 11 is 0. The van der Waals surface area contributed by atoms with E-state index in [4.69, 9.17) is 0 Å². The second-order valence-corrected chi connectivity index (χ2v) is 17.4. The summed E-state index contributed by atoms with van der Waals surface area (Å²) in [4.78, 5) is 8.70. The van der Waals surface area contributed by atoms with Gasteiger partial charge in [0.05, 0.1) is 0 Å². The molecule has 0 aliphatic heterocycles. The van der Waals surface area contributed by atoms with E-state index in [1.54, 1.807) is 0 Å². The van der Waals surface area contributed by atoms with E-state index < -0.39 is 7.14 Å². The molecule has 4 heteroatoms. The summed E-state index contributed by atoms with van der Waals surface area (Å²) in [6, 6.07) is 44.8. The quantitative estimate of drug-likeness (QED) is 0.172. The highest BCUT2D eigenvalue weighted by Crippen LogP contribution is 2.54. The highest BCUT2D eigenvalue weighted by Gasteiger charge is 2.41. The van der Waals surface area contributed by atoms with Crippen molar-refractivity contribution in [2.75, 3.05) is 0 Å². The van der Waals surface area contributed by atoms with Crippen molar-refractivity contribution < 1.29 is 4.57 Å². The lowest BCUT2D eigenvalue weighted by Crippen LogP contribution is -2.27. The molecular weight excluding hydrogens is 627 g/mol. The van der Waals surface area contributed by atoms with Crippen LogP contribution in [0.25, 0.3) is 44.5 Å². The van der Waals surface area contributed by atoms with Crippen molar-refractivity contribution in [3.8, 4) is 44.5 Å². The topological polar surface area (TPSA) is 42.9 Å². The highest BCUT2D eigenvalue weighted by molar-refractivity contribution is 7.85. The number of fused-ring (bicyclic) bond motifs is 6. The van der Waals surface area contributed by atoms with Gasteiger partial charge in [-0.15, -0.1) is 0 Å². The van der Waals surface area contributed by atoms with Crippen LogP contribution in [0.1, 0.15) is 49.9 Å². The van der Waals surface area contributed by atoms with Gasteiger partial charge in [0, 0.05) is 51.5 Å². The second kappa shape index (κ2) is 11.1. The molecule has 0 spiro atoms. The molecule has 9 rings (SSSR count). The van der Waals surface area contributed by atoms with Gasteiger partial charge in [-0.25, -0.2) is 0 Å². The molecule has 2 aliphatic carbocycles. The maximum Gasteiger partial charge on any atom is 0.171 e. The van der Waals surface area contributed by atoms with Crippen LogP contribution < -0.4 is 15.9 Å². The highest BCUT2D eigenvalue weighted by atomic mass is 31.2. The number of hydrogen-bond acceptors (Lipinski definition) is 3. The van der Waals surface area contributed by atoms with E-state index in [1.165, 1.54) is 44.5 Å². The molecule has 2 aliphatic rings. The minimum absolute atomic E-state index is 0.270. The fourth-order valence-corrected chi connectivity index (χ4v) is 11.0. The van der Waals surface area contributed by atoms with Crippen molar-refractivity contribution in [1.29, 1.82) is 0 Å². The van der Waals surface area contributed by atoms with Crippen molar-refractivity contribution in [2.24, 2.45) is 0 Å². The summed E-state index contributed by atoms with van der Waals surface area (Å²) in [5.41, 5.74) is 13.9. The van der Waals surface area contributed by atoms with Crippen molar-refractivity contribution in [1.82, 2.24) is 9.97 Å². The Morgan fingerprint density at radius 3 is 1.26 bits per heavy atom. The van der Waals surface area contributed by atoms with Gasteiger partial charge in [-0.1, -0.05) is 119 Å². The van der Waals surface area contributed by atoms with E-state index in [9.17, 15) is 0 Å².